The number of morpholine rings is 1. The van der Waals surface area contributed by atoms with Crippen LogP contribution in [0.1, 0.15) is 11.1 Å². The van der Waals surface area contributed by atoms with E-state index in [9.17, 15) is 18.6 Å². The Kier molecular flexibility index (Phi) is 5.22. The standard InChI is InChI=1S/C20H19ClN2O5S/c21-14-5-7-15(8-6-14)29(26,27)22-18-13-19-20(25,17-4-2-1-3-16(17)18)28-12-10-23(19)9-11-24/h1-8,13,24-25H,9-12H2. The Morgan fingerprint density at radius 2 is 1.90 bits per heavy atom. The van der Waals surface area contributed by atoms with Crippen molar-refractivity contribution in [1.29, 1.82) is 0 Å². The maximum atomic E-state index is 12.9. The van der Waals surface area contributed by atoms with Gasteiger partial charge in [-0.15, -0.1) is 0 Å². The lowest BCUT2D eigenvalue weighted by Gasteiger charge is -2.45. The van der Waals surface area contributed by atoms with Gasteiger partial charge in [0, 0.05) is 29.2 Å². The van der Waals surface area contributed by atoms with Gasteiger partial charge in [0.25, 0.3) is 10.0 Å². The van der Waals surface area contributed by atoms with Crippen LogP contribution in [0.4, 0.5) is 0 Å². The minimum atomic E-state index is -4.01. The first-order valence-electron chi connectivity index (χ1n) is 9.00. The van der Waals surface area contributed by atoms with Crippen LogP contribution in [0.3, 0.4) is 0 Å². The van der Waals surface area contributed by atoms with Gasteiger partial charge in [-0.2, -0.15) is 12.8 Å². The molecule has 7 nitrogen and oxygen atoms in total. The van der Waals surface area contributed by atoms with Gasteiger partial charge in [0.15, 0.2) is 0 Å². The number of rotatable bonds is 4. The minimum Gasteiger partial charge on any atom is -0.395 e. The third-order valence-corrected chi connectivity index (χ3v) is 6.46. The maximum Gasteiger partial charge on any atom is 0.282 e. The van der Waals surface area contributed by atoms with Crippen molar-refractivity contribution < 1.29 is 23.4 Å². The predicted molar refractivity (Wildman–Crippen MR) is 108 cm³/mol. The van der Waals surface area contributed by atoms with Gasteiger partial charge < -0.3 is 19.8 Å². The molecule has 2 aromatic rings. The average Bonchev–Trinajstić information content (AvgIpc) is 2.70. The summed E-state index contributed by atoms with van der Waals surface area (Å²) in [5.74, 6) is -1.73. The maximum absolute atomic E-state index is 12.9. The Labute approximate surface area is 173 Å². The Hall–Kier alpha value is -2.23. The molecular formula is C20H19ClN2O5S. The smallest absolute Gasteiger partial charge is 0.282 e. The monoisotopic (exact) mass is 434 g/mol. The molecule has 0 saturated carbocycles. The van der Waals surface area contributed by atoms with Crippen molar-refractivity contribution in [3.8, 4) is 0 Å². The average molecular weight is 435 g/mol. The highest BCUT2D eigenvalue weighted by atomic mass is 35.5. The summed E-state index contributed by atoms with van der Waals surface area (Å²) in [6.45, 7) is 0.868. The summed E-state index contributed by atoms with van der Waals surface area (Å²) < 4.78 is 35.5. The van der Waals surface area contributed by atoms with Gasteiger partial charge in [-0.3, -0.25) is 0 Å². The Bertz CT molecular complexity index is 1100. The topological polar surface area (TPSA) is 99.4 Å². The molecule has 2 aromatic carbocycles. The van der Waals surface area contributed by atoms with Gasteiger partial charge in [0.1, 0.15) is 0 Å². The molecule has 152 valence electrons. The SMILES string of the molecule is O=S(=O)(N=C1C=C2N(CCO)CCOC2(O)c2ccccc21)c1ccc(Cl)cc1. The van der Waals surface area contributed by atoms with E-state index in [-0.39, 0.29) is 30.4 Å². The van der Waals surface area contributed by atoms with Gasteiger partial charge in [-0.1, -0.05) is 35.9 Å². The Morgan fingerprint density at radius 1 is 1.17 bits per heavy atom. The van der Waals surface area contributed by atoms with E-state index in [0.29, 0.717) is 28.4 Å². The molecule has 0 radical (unpaired) electrons. The summed E-state index contributed by atoms with van der Waals surface area (Å²) >= 11 is 5.85. The van der Waals surface area contributed by atoms with Crippen LogP contribution >= 0.6 is 11.6 Å². The van der Waals surface area contributed by atoms with E-state index in [1.54, 1.807) is 29.2 Å². The predicted octanol–water partition coefficient (Wildman–Crippen LogP) is 1.89. The van der Waals surface area contributed by atoms with Gasteiger partial charge in [0.05, 0.1) is 29.5 Å². The van der Waals surface area contributed by atoms with Crippen molar-refractivity contribution in [2.75, 3.05) is 26.3 Å². The van der Waals surface area contributed by atoms with E-state index in [1.165, 1.54) is 30.3 Å². The second-order valence-electron chi connectivity index (χ2n) is 6.68. The molecule has 2 aliphatic rings. The van der Waals surface area contributed by atoms with E-state index in [4.69, 9.17) is 16.3 Å². The second-order valence-corrected chi connectivity index (χ2v) is 8.72. The van der Waals surface area contributed by atoms with Crippen molar-refractivity contribution in [1.82, 2.24) is 4.90 Å². The third-order valence-electron chi connectivity index (χ3n) is 4.90. The molecule has 9 heteroatoms. The molecule has 1 atom stereocenters. The number of benzene rings is 2. The van der Waals surface area contributed by atoms with Crippen molar-refractivity contribution in [2.24, 2.45) is 4.40 Å². The number of halogens is 1. The van der Waals surface area contributed by atoms with Gasteiger partial charge in [0.2, 0.25) is 5.79 Å². The van der Waals surface area contributed by atoms with E-state index in [1.807, 2.05) is 0 Å². The molecule has 1 saturated heterocycles. The van der Waals surface area contributed by atoms with Crippen molar-refractivity contribution in [3.05, 3.63) is 76.5 Å². The summed E-state index contributed by atoms with van der Waals surface area (Å²) in [5.41, 5.74) is 1.40. The van der Waals surface area contributed by atoms with Crippen molar-refractivity contribution >= 4 is 27.3 Å². The van der Waals surface area contributed by atoms with E-state index < -0.39 is 15.8 Å². The lowest BCUT2D eigenvalue weighted by Crippen LogP contribution is -2.50. The molecule has 0 aromatic heterocycles. The summed E-state index contributed by atoms with van der Waals surface area (Å²) in [6, 6.07) is 12.6. The van der Waals surface area contributed by atoms with Crippen LogP contribution in [0, 0.1) is 0 Å². The molecule has 29 heavy (non-hydrogen) atoms. The first-order valence-corrected chi connectivity index (χ1v) is 10.8. The fourth-order valence-corrected chi connectivity index (χ4v) is 4.66. The molecule has 4 rings (SSSR count). The molecule has 1 fully saturated rings. The lowest BCUT2D eigenvalue weighted by atomic mass is 9.86. The molecule has 1 aliphatic carbocycles. The zero-order valence-corrected chi connectivity index (χ0v) is 16.9. The van der Waals surface area contributed by atoms with Crippen LogP contribution in [-0.4, -0.2) is 55.5 Å². The number of fused-ring (bicyclic) bond motifs is 3. The molecule has 0 amide bonds. The number of aliphatic hydroxyl groups excluding tert-OH is 1. The van der Waals surface area contributed by atoms with Crippen LogP contribution in [0.2, 0.25) is 5.02 Å². The molecule has 0 bridgehead atoms. The van der Waals surface area contributed by atoms with E-state index in [0.717, 1.165) is 0 Å². The number of β-amino-alcohol motifs (C(OH)–C–C–N with tert-alkyl or cyclic N) is 1. The lowest BCUT2D eigenvalue weighted by molar-refractivity contribution is -0.219. The highest BCUT2D eigenvalue weighted by molar-refractivity contribution is 7.90. The van der Waals surface area contributed by atoms with E-state index in [2.05, 4.69) is 4.40 Å². The van der Waals surface area contributed by atoms with Crippen molar-refractivity contribution in [3.63, 3.8) is 0 Å². The highest BCUT2D eigenvalue weighted by Crippen LogP contribution is 2.41. The molecule has 0 spiro atoms. The summed E-state index contributed by atoms with van der Waals surface area (Å²) in [6.07, 6.45) is 1.50. The van der Waals surface area contributed by atoms with Gasteiger partial charge >= 0.3 is 0 Å². The zero-order chi connectivity index (χ0) is 20.6. The summed E-state index contributed by atoms with van der Waals surface area (Å²) in [7, 11) is -4.01. The fourth-order valence-electron chi connectivity index (χ4n) is 3.54. The Morgan fingerprint density at radius 3 is 2.62 bits per heavy atom. The fraction of sp³-hybridized carbons (Fsp3) is 0.250. The van der Waals surface area contributed by atoms with Crippen LogP contribution in [0.15, 0.2) is 69.6 Å². The highest BCUT2D eigenvalue weighted by Gasteiger charge is 2.46. The quantitative estimate of drug-likeness (QED) is 0.762. The second kappa shape index (κ2) is 7.55. The number of hydrogen-bond donors (Lipinski definition) is 2. The molecule has 1 aliphatic heterocycles. The third kappa shape index (κ3) is 3.58. The number of allylic oxidation sites excluding steroid dienone is 1. The normalized spacial score (nSPS) is 22.8. The molecule has 1 unspecified atom stereocenters. The molecule has 1 heterocycles. The number of sulfonamides is 1. The first-order chi connectivity index (χ1) is 13.8. The van der Waals surface area contributed by atoms with Crippen molar-refractivity contribution in [2.45, 2.75) is 10.7 Å². The number of nitrogens with zero attached hydrogens (tertiary/aromatic N) is 2. The van der Waals surface area contributed by atoms with Crippen LogP contribution in [-0.2, 0) is 20.5 Å². The summed E-state index contributed by atoms with van der Waals surface area (Å²) in [5, 5.41) is 21.1. The first kappa shape index (κ1) is 20.1. The zero-order valence-electron chi connectivity index (χ0n) is 15.3. The number of aliphatic hydroxyl groups is 2. The van der Waals surface area contributed by atoms with Crippen LogP contribution in [0.5, 0.6) is 0 Å². The van der Waals surface area contributed by atoms with E-state index >= 15 is 0 Å². The Balaban J connectivity index is 1.88. The largest absolute Gasteiger partial charge is 0.395 e. The van der Waals surface area contributed by atoms with Crippen LogP contribution in [0.25, 0.3) is 0 Å². The van der Waals surface area contributed by atoms with Crippen LogP contribution < -0.4 is 0 Å². The van der Waals surface area contributed by atoms with Gasteiger partial charge in [-0.25, -0.2) is 0 Å². The summed E-state index contributed by atoms with van der Waals surface area (Å²) in [4.78, 5) is 1.78. The molecular weight excluding hydrogens is 416 g/mol. The minimum absolute atomic E-state index is 0.0122. The number of ether oxygens (including phenoxy) is 1. The molecule has 2 N–H and O–H groups in total. The number of hydrogen-bond acceptors (Lipinski definition) is 6. The van der Waals surface area contributed by atoms with Gasteiger partial charge in [-0.05, 0) is 30.3 Å².